The van der Waals surface area contributed by atoms with Gasteiger partial charge in [0.05, 0.1) is 0 Å². The lowest BCUT2D eigenvalue weighted by molar-refractivity contribution is -0.137. The van der Waals surface area contributed by atoms with Crippen LogP contribution in [-0.4, -0.2) is 11.1 Å². The van der Waals surface area contributed by atoms with E-state index in [1.165, 1.54) is 25.7 Å². The summed E-state index contributed by atoms with van der Waals surface area (Å²) in [4.78, 5) is 10.4. The van der Waals surface area contributed by atoms with E-state index in [-0.39, 0.29) is 0 Å². The van der Waals surface area contributed by atoms with Gasteiger partial charge in [-0.2, -0.15) is 0 Å². The molecule has 0 atom stereocenters. The highest BCUT2D eigenvalue weighted by atomic mass is 16.4. The molecule has 28 heavy (non-hydrogen) atoms. The standard InChI is InChI=1S/C26H42O2/c1-2-3-4-5-6-7-8-9-10-11-12-13-14-15-16-17-18-19-20-21-22-23-24-25-26(27)28/h6-7,9-10,12-13,15-16,18-19H,2-5,8,11,14,17,20-25H2,1H3,(H,27,28). The molecule has 1 N–H and O–H groups in total. The molecule has 0 heterocycles. The predicted molar refractivity (Wildman–Crippen MR) is 124 cm³/mol. The molecule has 158 valence electrons. The van der Waals surface area contributed by atoms with Crippen LogP contribution in [0.5, 0.6) is 0 Å². The average Bonchev–Trinajstić information content (AvgIpc) is 2.68. The van der Waals surface area contributed by atoms with Gasteiger partial charge >= 0.3 is 5.97 Å². The molecule has 0 aliphatic carbocycles. The van der Waals surface area contributed by atoms with E-state index in [2.05, 4.69) is 67.7 Å². The van der Waals surface area contributed by atoms with Gasteiger partial charge in [-0.15, -0.1) is 0 Å². The number of hydrogen-bond donors (Lipinski definition) is 1. The van der Waals surface area contributed by atoms with E-state index in [1.807, 2.05) is 0 Å². The molecule has 0 unspecified atom stereocenters. The van der Waals surface area contributed by atoms with Gasteiger partial charge in [0.25, 0.3) is 0 Å². The normalized spacial score (nSPS) is 12.6. The molecule has 0 aliphatic rings. The Hall–Kier alpha value is -1.83. The van der Waals surface area contributed by atoms with Crippen LogP contribution in [0.25, 0.3) is 0 Å². The molecular weight excluding hydrogens is 344 g/mol. The first-order valence-electron chi connectivity index (χ1n) is 11.2. The van der Waals surface area contributed by atoms with Crippen molar-refractivity contribution in [3.63, 3.8) is 0 Å². The maximum absolute atomic E-state index is 10.4. The highest BCUT2D eigenvalue weighted by molar-refractivity contribution is 5.66. The van der Waals surface area contributed by atoms with Gasteiger partial charge in [0.1, 0.15) is 0 Å². The number of aliphatic carboxylic acids is 1. The minimum Gasteiger partial charge on any atom is -0.481 e. The average molecular weight is 387 g/mol. The van der Waals surface area contributed by atoms with Crippen LogP contribution in [0, 0.1) is 0 Å². The maximum atomic E-state index is 10.4. The second-order valence-corrected chi connectivity index (χ2v) is 7.14. The Morgan fingerprint density at radius 1 is 0.571 bits per heavy atom. The van der Waals surface area contributed by atoms with Crippen molar-refractivity contribution in [2.45, 2.75) is 96.8 Å². The summed E-state index contributed by atoms with van der Waals surface area (Å²) in [5, 5.41) is 8.56. The summed E-state index contributed by atoms with van der Waals surface area (Å²) >= 11 is 0. The molecule has 0 saturated heterocycles. The number of carboxylic acids is 1. The lowest BCUT2D eigenvalue weighted by Crippen LogP contribution is -1.93. The van der Waals surface area contributed by atoms with Crippen LogP contribution in [0.1, 0.15) is 96.8 Å². The van der Waals surface area contributed by atoms with Crippen molar-refractivity contribution in [1.29, 1.82) is 0 Å². The van der Waals surface area contributed by atoms with E-state index in [0.717, 1.165) is 57.8 Å². The maximum Gasteiger partial charge on any atom is 0.303 e. The zero-order valence-electron chi connectivity index (χ0n) is 18.0. The highest BCUT2D eigenvalue weighted by Gasteiger charge is 1.95. The number of carbonyl (C=O) groups is 1. The van der Waals surface area contributed by atoms with Crippen molar-refractivity contribution >= 4 is 5.97 Å². The van der Waals surface area contributed by atoms with Crippen LogP contribution in [0.2, 0.25) is 0 Å². The van der Waals surface area contributed by atoms with E-state index >= 15 is 0 Å². The number of rotatable bonds is 19. The van der Waals surface area contributed by atoms with E-state index in [0.29, 0.717) is 6.42 Å². The summed E-state index contributed by atoms with van der Waals surface area (Å²) in [5.74, 6) is -0.682. The van der Waals surface area contributed by atoms with Crippen LogP contribution in [0.15, 0.2) is 60.8 Å². The third-order valence-corrected chi connectivity index (χ3v) is 4.41. The molecule has 0 spiro atoms. The highest BCUT2D eigenvalue weighted by Crippen LogP contribution is 2.06. The Morgan fingerprint density at radius 3 is 1.39 bits per heavy atom. The van der Waals surface area contributed by atoms with Crippen molar-refractivity contribution in [3.05, 3.63) is 60.8 Å². The van der Waals surface area contributed by atoms with Crippen molar-refractivity contribution in [2.75, 3.05) is 0 Å². The summed E-state index contributed by atoms with van der Waals surface area (Å²) in [7, 11) is 0. The molecule has 0 radical (unpaired) electrons. The fourth-order valence-electron chi connectivity index (χ4n) is 2.72. The first-order chi connectivity index (χ1) is 13.8. The minimum absolute atomic E-state index is 0.307. The van der Waals surface area contributed by atoms with Crippen LogP contribution in [0.4, 0.5) is 0 Å². The number of allylic oxidation sites excluding steroid dienone is 10. The summed E-state index contributed by atoms with van der Waals surface area (Å²) in [6.07, 6.45) is 37.2. The summed E-state index contributed by atoms with van der Waals surface area (Å²) in [5.41, 5.74) is 0. The lowest BCUT2D eigenvalue weighted by Gasteiger charge is -1.96. The van der Waals surface area contributed by atoms with Crippen molar-refractivity contribution in [1.82, 2.24) is 0 Å². The monoisotopic (exact) mass is 386 g/mol. The number of carboxylic acid groups (broad SMARTS) is 1. The second kappa shape index (κ2) is 23.2. The summed E-state index contributed by atoms with van der Waals surface area (Å²) in [6, 6.07) is 0. The van der Waals surface area contributed by atoms with Crippen LogP contribution in [0.3, 0.4) is 0 Å². The van der Waals surface area contributed by atoms with E-state index in [4.69, 9.17) is 5.11 Å². The molecule has 0 aromatic heterocycles. The smallest absolute Gasteiger partial charge is 0.303 e. The van der Waals surface area contributed by atoms with Gasteiger partial charge in [0.2, 0.25) is 0 Å². The van der Waals surface area contributed by atoms with Gasteiger partial charge in [0, 0.05) is 6.42 Å². The first kappa shape index (κ1) is 26.2. The van der Waals surface area contributed by atoms with Crippen LogP contribution >= 0.6 is 0 Å². The molecule has 0 fully saturated rings. The Balaban J connectivity index is 3.42. The number of hydrogen-bond acceptors (Lipinski definition) is 1. The van der Waals surface area contributed by atoms with E-state index in [1.54, 1.807) is 0 Å². The van der Waals surface area contributed by atoms with Crippen LogP contribution in [-0.2, 0) is 4.79 Å². The number of unbranched alkanes of at least 4 members (excludes halogenated alkanes) is 7. The largest absolute Gasteiger partial charge is 0.481 e. The summed E-state index contributed by atoms with van der Waals surface area (Å²) < 4.78 is 0. The van der Waals surface area contributed by atoms with Gasteiger partial charge in [-0.05, 0) is 57.8 Å². The minimum atomic E-state index is -0.682. The molecule has 0 saturated carbocycles. The molecule has 0 aromatic rings. The zero-order chi connectivity index (χ0) is 20.5. The topological polar surface area (TPSA) is 37.3 Å². The Bertz CT molecular complexity index is 481. The van der Waals surface area contributed by atoms with Crippen molar-refractivity contribution in [3.8, 4) is 0 Å². The molecular formula is C26H42O2. The molecule has 0 bridgehead atoms. The van der Waals surface area contributed by atoms with E-state index < -0.39 is 5.97 Å². The molecule has 0 aromatic carbocycles. The summed E-state index contributed by atoms with van der Waals surface area (Å²) in [6.45, 7) is 2.24. The predicted octanol–water partition coefficient (Wildman–Crippen LogP) is 8.33. The molecule has 2 nitrogen and oxygen atoms in total. The fourth-order valence-corrected chi connectivity index (χ4v) is 2.72. The van der Waals surface area contributed by atoms with Gasteiger partial charge in [-0.25, -0.2) is 0 Å². The Morgan fingerprint density at radius 2 is 0.964 bits per heavy atom. The lowest BCUT2D eigenvalue weighted by atomic mass is 10.1. The Labute approximate surface area is 173 Å². The van der Waals surface area contributed by atoms with E-state index in [9.17, 15) is 4.79 Å². The van der Waals surface area contributed by atoms with Gasteiger partial charge in [-0.1, -0.05) is 93.4 Å². The molecule has 0 rings (SSSR count). The first-order valence-corrected chi connectivity index (χ1v) is 11.2. The van der Waals surface area contributed by atoms with Gasteiger partial charge in [0.15, 0.2) is 0 Å². The third-order valence-electron chi connectivity index (χ3n) is 4.41. The quantitative estimate of drug-likeness (QED) is 0.179. The third kappa shape index (κ3) is 24.2. The molecule has 2 heteroatoms. The van der Waals surface area contributed by atoms with Crippen molar-refractivity contribution in [2.24, 2.45) is 0 Å². The van der Waals surface area contributed by atoms with Crippen LogP contribution < -0.4 is 0 Å². The van der Waals surface area contributed by atoms with Crippen molar-refractivity contribution < 1.29 is 9.90 Å². The Kier molecular flexibility index (Phi) is 21.7. The fraction of sp³-hybridized carbons (Fsp3) is 0.577. The zero-order valence-corrected chi connectivity index (χ0v) is 18.0. The molecule has 0 amide bonds. The second-order valence-electron chi connectivity index (χ2n) is 7.14. The van der Waals surface area contributed by atoms with Gasteiger partial charge < -0.3 is 5.11 Å². The SMILES string of the molecule is CCCCCC=CCC=CCC=CCC=CCC=CCCCCCCC(=O)O. The van der Waals surface area contributed by atoms with Gasteiger partial charge in [-0.3, -0.25) is 4.79 Å². The molecule has 0 aliphatic heterocycles.